The van der Waals surface area contributed by atoms with E-state index < -0.39 is 6.04 Å². The van der Waals surface area contributed by atoms with Crippen LogP contribution in [0.15, 0.2) is 48.6 Å². The summed E-state index contributed by atoms with van der Waals surface area (Å²) in [6, 6.07) is 9.51. The van der Waals surface area contributed by atoms with Crippen LogP contribution in [0.1, 0.15) is 45.1 Å². The molecule has 5 heteroatoms. The van der Waals surface area contributed by atoms with E-state index >= 15 is 0 Å². The molecule has 5 nitrogen and oxygen atoms in total. The first-order valence-corrected chi connectivity index (χ1v) is 11.0. The second kappa shape index (κ2) is 8.58. The second-order valence-electron chi connectivity index (χ2n) is 8.98. The van der Waals surface area contributed by atoms with Gasteiger partial charge in [-0.15, -0.1) is 0 Å². The first-order chi connectivity index (χ1) is 14.5. The Balaban J connectivity index is 1.53. The van der Waals surface area contributed by atoms with E-state index in [1.54, 1.807) is 4.90 Å². The van der Waals surface area contributed by atoms with Gasteiger partial charge in [-0.1, -0.05) is 62.4 Å². The molecule has 4 rings (SSSR count). The summed E-state index contributed by atoms with van der Waals surface area (Å²) in [4.78, 5) is 42.8. The Morgan fingerprint density at radius 2 is 1.67 bits per heavy atom. The van der Waals surface area contributed by atoms with Crippen LogP contribution in [0, 0.1) is 17.8 Å². The van der Waals surface area contributed by atoms with Crippen molar-refractivity contribution in [2.24, 2.45) is 17.8 Å². The predicted molar refractivity (Wildman–Crippen MR) is 116 cm³/mol. The molecule has 3 aliphatic rings. The van der Waals surface area contributed by atoms with Crippen molar-refractivity contribution in [1.29, 1.82) is 0 Å². The second-order valence-corrected chi connectivity index (χ2v) is 8.98. The third-order valence-electron chi connectivity index (χ3n) is 6.50. The third-order valence-corrected chi connectivity index (χ3v) is 6.50. The zero-order valence-electron chi connectivity index (χ0n) is 17.8. The number of nitrogens with zero attached hydrogens (tertiary/aromatic N) is 2. The van der Waals surface area contributed by atoms with Gasteiger partial charge in [-0.2, -0.15) is 0 Å². The third kappa shape index (κ3) is 3.85. The summed E-state index contributed by atoms with van der Waals surface area (Å²) in [5, 5.41) is 0. The van der Waals surface area contributed by atoms with Crippen LogP contribution in [-0.2, 0) is 14.4 Å². The number of carbonyl (C=O) groups is 3. The van der Waals surface area contributed by atoms with Gasteiger partial charge < -0.3 is 4.90 Å². The van der Waals surface area contributed by atoms with Crippen LogP contribution in [0.4, 0.5) is 0 Å². The van der Waals surface area contributed by atoms with E-state index in [2.05, 4.69) is 18.2 Å². The Hall–Kier alpha value is -2.69. The van der Waals surface area contributed by atoms with Crippen molar-refractivity contribution in [2.75, 3.05) is 13.1 Å². The maximum Gasteiger partial charge on any atom is 0.246 e. The lowest BCUT2D eigenvalue weighted by Gasteiger charge is -2.34. The summed E-state index contributed by atoms with van der Waals surface area (Å²) >= 11 is 0. The summed E-state index contributed by atoms with van der Waals surface area (Å²) in [6.45, 7) is 5.19. The number of rotatable bonds is 5. The summed E-state index contributed by atoms with van der Waals surface area (Å²) in [6.07, 6.45) is 8.55. The molecule has 0 spiro atoms. The highest BCUT2D eigenvalue weighted by atomic mass is 16.2. The van der Waals surface area contributed by atoms with E-state index in [0.29, 0.717) is 32.4 Å². The molecular weight excluding hydrogens is 376 g/mol. The average molecular weight is 407 g/mol. The van der Waals surface area contributed by atoms with Gasteiger partial charge in [0.1, 0.15) is 6.04 Å². The largest absolute Gasteiger partial charge is 0.337 e. The molecular formula is C25H30N2O3. The Labute approximate surface area is 178 Å². The lowest BCUT2D eigenvalue weighted by Crippen LogP contribution is -2.52. The fourth-order valence-corrected chi connectivity index (χ4v) is 4.89. The molecule has 3 unspecified atom stereocenters. The summed E-state index contributed by atoms with van der Waals surface area (Å²) < 4.78 is 0. The molecule has 3 atom stereocenters. The quantitative estimate of drug-likeness (QED) is 0.554. The van der Waals surface area contributed by atoms with Gasteiger partial charge in [-0.3, -0.25) is 19.3 Å². The highest BCUT2D eigenvalue weighted by Crippen LogP contribution is 2.37. The van der Waals surface area contributed by atoms with Crippen LogP contribution in [0.3, 0.4) is 0 Å². The molecule has 1 saturated heterocycles. The molecule has 1 aromatic rings. The standard InChI is InChI=1S/C25H30N2O3/c1-17(2)16-22(27-23(28)20-10-6-7-11-21(20)24(27)29)25(30)26-14-12-19(13-15-26)18-8-4-3-5-9-18/h3-9,12,17,20-22H,10-11,13-16H2,1-2H3. The lowest BCUT2D eigenvalue weighted by atomic mass is 9.85. The molecule has 1 aromatic carbocycles. The Bertz CT molecular complexity index is 861. The maximum absolute atomic E-state index is 13.5. The van der Waals surface area contributed by atoms with Crippen LogP contribution in [0.2, 0.25) is 0 Å². The van der Waals surface area contributed by atoms with Gasteiger partial charge in [0.05, 0.1) is 11.8 Å². The molecule has 0 bridgehead atoms. The van der Waals surface area contributed by atoms with Gasteiger partial charge in [-0.05, 0) is 42.7 Å². The summed E-state index contributed by atoms with van der Waals surface area (Å²) in [5.41, 5.74) is 2.43. The van der Waals surface area contributed by atoms with Crippen LogP contribution >= 0.6 is 0 Å². The van der Waals surface area contributed by atoms with Crippen molar-refractivity contribution in [3.8, 4) is 0 Å². The van der Waals surface area contributed by atoms with E-state index in [-0.39, 0.29) is 35.5 Å². The predicted octanol–water partition coefficient (Wildman–Crippen LogP) is 3.67. The first-order valence-electron chi connectivity index (χ1n) is 11.0. The Morgan fingerprint density at radius 3 is 2.20 bits per heavy atom. The molecule has 30 heavy (non-hydrogen) atoms. The molecule has 1 fully saturated rings. The summed E-state index contributed by atoms with van der Waals surface area (Å²) in [5.74, 6) is -0.801. The van der Waals surface area contributed by atoms with E-state index in [1.807, 2.05) is 44.2 Å². The van der Waals surface area contributed by atoms with Gasteiger partial charge in [0.2, 0.25) is 17.7 Å². The maximum atomic E-state index is 13.5. The average Bonchev–Trinajstić information content (AvgIpc) is 3.02. The van der Waals surface area contributed by atoms with E-state index in [9.17, 15) is 14.4 Å². The fourth-order valence-electron chi connectivity index (χ4n) is 4.89. The van der Waals surface area contributed by atoms with Crippen LogP contribution in [-0.4, -0.2) is 46.7 Å². The topological polar surface area (TPSA) is 57.7 Å². The zero-order valence-corrected chi connectivity index (χ0v) is 17.8. The van der Waals surface area contributed by atoms with Crippen molar-refractivity contribution in [3.63, 3.8) is 0 Å². The zero-order chi connectivity index (χ0) is 21.3. The van der Waals surface area contributed by atoms with Crippen LogP contribution < -0.4 is 0 Å². The van der Waals surface area contributed by atoms with Crippen molar-refractivity contribution in [3.05, 3.63) is 54.1 Å². The van der Waals surface area contributed by atoms with Gasteiger partial charge in [0.25, 0.3) is 0 Å². The van der Waals surface area contributed by atoms with E-state index in [4.69, 9.17) is 0 Å². The van der Waals surface area contributed by atoms with Crippen molar-refractivity contribution in [2.45, 2.75) is 45.6 Å². The van der Waals surface area contributed by atoms with Gasteiger partial charge in [0.15, 0.2) is 0 Å². The number of allylic oxidation sites excluding steroid dienone is 2. The monoisotopic (exact) mass is 406 g/mol. The van der Waals surface area contributed by atoms with Crippen molar-refractivity contribution in [1.82, 2.24) is 9.80 Å². The Morgan fingerprint density at radius 1 is 1.03 bits per heavy atom. The highest BCUT2D eigenvalue weighted by molar-refractivity contribution is 6.08. The van der Waals surface area contributed by atoms with Crippen LogP contribution in [0.25, 0.3) is 5.57 Å². The Kier molecular flexibility index (Phi) is 5.89. The number of amides is 3. The van der Waals surface area contributed by atoms with E-state index in [1.165, 1.54) is 16.0 Å². The molecule has 0 saturated carbocycles. The minimum atomic E-state index is -0.692. The van der Waals surface area contributed by atoms with E-state index in [0.717, 1.165) is 6.42 Å². The van der Waals surface area contributed by atoms with Gasteiger partial charge in [-0.25, -0.2) is 0 Å². The molecule has 1 aliphatic carbocycles. The number of hydrogen-bond acceptors (Lipinski definition) is 3. The number of fused-ring (bicyclic) bond motifs is 1. The first kappa shape index (κ1) is 20.6. The molecule has 2 aliphatic heterocycles. The number of hydrogen-bond donors (Lipinski definition) is 0. The van der Waals surface area contributed by atoms with Gasteiger partial charge >= 0.3 is 0 Å². The molecule has 2 heterocycles. The minimum Gasteiger partial charge on any atom is -0.337 e. The number of likely N-dealkylation sites (tertiary alicyclic amines) is 1. The summed E-state index contributed by atoms with van der Waals surface area (Å²) in [7, 11) is 0. The molecule has 3 amide bonds. The number of benzene rings is 1. The van der Waals surface area contributed by atoms with Crippen LogP contribution in [0.5, 0.6) is 0 Å². The molecule has 0 aromatic heterocycles. The normalized spacial score (nSPS) is 24.8. The lowest BCUT2D eigenvalue weighted by molar-refractivity contribution is -0.152. The smallest absolute Gasteiger partial charge is 0.246 e. The number of carbonyl (C=O) groups excluding carboxylic acids is 3. The SMILES string of the molecule is CC(C)CC(C(=O)N1CC=C(c2ccccc2)CC1)N1C(=O)C2CC=CCC2C1=O. The fraction of sp³-hybridized carbons (Fsp3) is 0.480. The van der Waals surface area contributed by atoms with Crippen molar-refractivity contribution >= 4 is 23.3 Å². The van der Waals surface area contributed by atoms with Gasteiger partial charge in [0, 0.05) is 13.1 Å². The number of imide groups is 1. The highest BCUT2D eigenvalue weighted by Gasteiger charge is 2.51. The molecule has 0 radical (unpaired) electrons. The minimum absolute atomic E-state index is 0.0969. The molecule has 0 N–H and O–H groups in total. The molecule has 158 valence electrons. The van der Waals surface area contributed by atoms with Crippen molar-refractivity contribution < 1.29 is 14.4 Å².